The Kier molecular flexibility index (Phi) is 5.25. The highest BCUT2D eigenvalue weighted by Gasteiger charge is 2.23. The molecule has 1 fully saturated rings. The molecular formula is C21H24N6O. The van der Waals surface area contributed by atoms with E-state index in [-0.39, 0.29) is 11.6 Å². The molecule has 5 N–H and O–H groups in total. The van der Waals surface area contributed by atoms with Crippen LogP contribution in [0.2, 0.25) is 0 Å². The fraction of sp³-hybridized carbons (Fsp3) is 0.238. The number of nitrogens with one attached hydrogen (secondary N) is 3. The number of nitrogens with zero attached hydrogens (tertiary/aromatic N) is 2. The lowest BCUT2D eigenvalue weighted by atomic mass is 10.2. The molecule has 144 valence electrons. The van der Waals surface area contributed by atoms with E-state index in [4.69, 9.17) is 5.84 Å². The van der Waals surface area contributed by atoms with Gasteiger partial charge in [-0.15, -0.1) is 0 Å². The van der Waals surface area contributed by atoms with Gasteiger partial charge in [0.2, 0.25) is 0 Å². The van der Waals surface area contributed by atoms with Gasteiger partial charge in [0, 0.05) is 25.1 Å². The summed E-state index contributed by atoms with van der Waals surface area (Å²) in [7, 11) is 0. The Hall–Kier alpha value is -3.32. The fourth-order valence-corrected chi connectivity index (χ4v) is 3.11. The Morgan fingerprint density at radius 2 is 1.96 bits per heavy atom. The summed E-state index contributed by atoms with van der Waals surface area (Å²) in [4.78, 5) is 16.9. The summed E-state index contributed by atoms with van der Waals surface area (Å²) in [5.41, 5.74) is 6.90. The zero-order valence-corrected chi connectivity index (χ0v) is 15.6. The summed E-state index contributed by atoms with van der Waals surface area (Å²) in [5.74, 6) is 5.93. The second-order valence-corrected chi connectivity index (χ2v) is 6.99. The number of carbonyl (C=O) groups excluding carboxylic acids is 1. The van der Waals surface area contributed by atoms with E-state index >= 15 is 0 Å². The number of hydrazine groups is 1. The van der Waals surface area contributed by atoms with E-state index in [1.165, 1.54) is 18.4 Å². The third kappa shape index (κ3) is 4.32. The molecule has 0 spiro atoms. The maximum Gasteiger partial charge on any atom is 0.270 e. The van der Waals surface area contributed by atoms with E-state index in [2.05, 4.69) is 43.8 Å². The molecule has 0 radical (unpaired) electrons. The maximum absolute atomic E-state index is 12.3. The smallest absolute Gasteiger partial charge is 0.270 e. The Morgan fingerprint density at radius 1 is 1.14 bits per heavy atom. The number of nitrogens with two attached hydrogens (primary N) is 1. The first kappa shape index (κ1) is 18.1. The van der Waals surface area contributed by atoms with Crippen molar-refractivity contribution in [1.82, 2.24) is 25.4 Å². The van der Waals surface area contributed by atoms with Crippen LogP contribution in [0.3, 0.4) is 0 Å². The first-order valence-corrected chi connectivity index (χ1v) is 9.43. The molecule has 2 aromatic heterocycles. The molecule has 7 nitrogen and oxygen atoms in total. The summed E-state index contributed by atoms with van der Waals surface area (Å²) < 4.78 is 2.06. The van der Waals surface area contributed by atoms with Crippen molar-refractivity contribution >= 4 is 11.6 Å². The van der Waals surface area contributed by atoms with Crippen LogP contribution in [-0.2, 0) is 17.9 Å². The Morgan fingerprint density at radius 3 is 2.71 bits per heavy atom. The summed E-state index contributed by atoms with van der Waals surface area (Å²) >= 11 is 0. The van der Waals surface area contributed by atoms with E-state index in [0.29, 0.717) is 19.0 Å². The average molecular weight is 376 g/mol. The number of carbonyl (C=O) groups is 1. The predicted octanol–water partition coefficient (Wildman–Crippen LogP) is 1.92. The molecule has 1 saturated carbocycles. The number of pyridine rings is 1. The number of aromatic nitrogens is 2. The molecule has 1 aliphatic rings. The number of amides is 1. The molecular weight excluding hydrogens is 352 g/mol. The van der Waals surface area contributed by atoms with Crippen LogP contribution in [-0.4, -0.2) is 15.3 Å². The molecule has 0 atom stereocenters. The molecule has 1 aromatic carbocycles. The van der Waals surface area contributed by atoms with Crippen molar-refractivity contribution in [3.05, 3.63) is 83.6 Å². The van der Waals surface area contributed by atoms with E-state index in [1.54, 1.807) is 6.20 Å². The Balaban J connectivity index is 1.34. The summed E-state index contributed by atoms with van der Waals surface area (Å²) in [5, 5.41) is 5.93. The molecule has 1 amide bonds. The van der Waals surface area contributed by atoms with Gasteiger partial charge in [-0.25, -0.2) is 4.98 Å². The van der Waals surface area contributed by atoms with Gasteiger partial charge in [0.15, 0.2) is 0 Å². The largest absolute Gasteiger partial charge is 0.383 e. The molecule has 0 bridgehead atoms. The van der Waals surface area contributed by atoms with E-state index < -0.39 is 0 Å². The first-order valence-electron chi connectivity index (χ1n) is 9.43. The minimum atomic E-state index is -0.275. The number of hydrogen-bond acceptors (Lipinski definition) is 5. The van der Waals surface area contributed by atoms with Crippen LogP contribution >= 0.6 is 0 Å². The third-order valence-electron chi connectivity index (χ3n) is 4.80. The Labute approximate surface area is 163 Å². The van der Waals surface area contributed by atoms with Crippen LogP contribution in [0.25, 0.3) is 5.65 Å². The molecule has 0 saturated heterocycles. The molecule has 7 heteroatoms. The van der Waals surface area contributed by atoms with E-state index in [1.807, 2.05) is 36.5 Å². The highest BCUT2D eigenvalue weighted by atomic mass is 16.2. The van der Waals surface area contributed by atoms with Crippen LogP contribution in [0.1, 0.15) is 35.6 Å². The molecule has 28 heavy (non-hydrogen) atoms. The quantitative estimate of drug-likeness (QED) is 0.274. The van der Waals surface area contributed by atoms with Gasteiger partial charge in [0.1, 0.15) is 11.3 Å². The van der Waals surface area contributed by atoms with Crippen molar-refractivity contribution in [3.8, 4) is 0 Å². The summed E-state index contributed by atoms with van der Waals surface area (Å²) in [6.45, 7) is 0.937. The van der Waals surface area contributed by atoms with Gasteiger partial charge in [0.25, 0.3) is 5.91 Å². The number of hydrogen-bond donors (Lipinski definition) is 4. The first-order chi connectivity index (χ1) is 13.7. The van der Waals surface area contributed by atoms with Gasteiger partial charge in [-0.2, -0.15) is 0 Å². The minimum absolute atomic E-state index is 0.260. The van der Waals surface area contributed by atoms with Crippen LogP contribution in [0.5, 0.6) is 0 Å². The lowest BCUT2D eigenvalue weighted by Crippen LogP contribution is -2.35. The standard InChI is InChI=1S/C21H24N6O/c22-26-19(21(28)24-10-15-4-2-1-3-5-15)12-23-11-18-14-27-13-17(16-6-7-16)8-9-20(27)25-18/h1-5,8-9,12-14,16,23,26H,6-7,10-11,22H2,(H,24,28)/b19-12-. The van der Waals surface area contributed by atoms with Crippen molar-refractivity contribution in [3.63, 3.8) is 0 Å². The zero-order valence-electron chi connectivity index (χ0n) is 15.6. The molecule has 4 rings (SSSR count). The predicted molar refractivity (Wildman–Crippen MR) is 108 cm³/mol. The molecule has 0 aliphatic heterocycles. The van der Waals surface area contributed by atoms with Gasteiger partial charge < -0.3 is 20.5 Å². The van der Waals surface area contributed by atoms with Crippen molar-refractivity contribution in [1.29, 1.82) is 0 Å². The molecule has 2 heterocycles. The molecule has 3 aromatic rings. The summed E-state index contributed by atoms with van der Waals surface area (Å²) in [6.07, 6.45) is 8.29. The zero-order chi connectivity index (χ0) is 19.3. The van der Waals surface area contributed by atoms with Crippen LogP contribution < -0.4 is 21.9 Å². The van der Waals surface area contributed by atoms with Crippen LogP contribution in [0.15, 0.2) is 66.8 Å². The normalized spacial score (nSPS) is 14.1. The summed E-state index contributed by atoms with van der Waals surface area (Å²) in [6, 6.07) is 13.9. The van der Waals surface area contributed by atoms with E-state index in [0.717, 1.165) is 16.9 Å². The van der Waals surface area contributed by atoms with Crippen LogP contribution in [0.4, 0.5) is 0 Å². The second kappa shape index (κ2) is 8.14. The topological polar surface area (TPSA) is 96.5 Å². The lowest BCUT2D eigenvalue weighted by molar-refractivity contribution is -0.118. The van der Waals surface area contributed by atoms with Gasteiger partial charge in [0.05, 0.1) is 12.2 Å². The van der Waals surface area contributed by atoms with Gasteiger partial charge in [-0.3, -0.25) is 10.6 Å². The molecule has 1 aliphatic carbocycles. The highest BCUT2D eigenvalue weighted by molar-refractivity contribution is 5.92. The Bertz CT molecular complexity index is 991. The lowest BCUT2D eigenvalue weighted by Gasteiger charge is -2.09. The highest BCUT2D eigenvalue weighted by Crippen LogP contribution is 2.39. The van der Waals surface area contributed by atoms with Crippen LogP contribution in [0, 0.1) is 0 Å². The van der Waals surface area contributed by atoms with E-state index in [9.17, 15) is 4.79 Å². The van der Waals surface area contributed by atoms with Crippen molar-refractivity contribution in [2.75, 3.05) is 0 Å². The van der Waals surface area contributed by atoms with Crippen molar-refractivity contribution in [2.24, 2.45) is 5.84 Å². The fourth-order valence-electron chi connectivity index (χ4n) is 3.11. The third-order valence-corrected chi connectivity index (χ3v) is 4.80. The second-order valence-electron chi connectivity index (χ2n) is 6.99. The maximum atomic E-state index is 12.3. The van der Waals surface area contributed by atoms with Gasteiger partial charge >= 0.3 is 0 Å². The van der Waals surface area contributed by atoms with Crippen molar-refractivity contribution < 1.29 is 4.79 Å². The van der Waals surface area contributed by atoms with Gasteiger partial charge in [-0.05, 0) is 36.0 Å². The van der Waals surface area contributed by atoms with Crippen molar-refractivity contribution in [2.45, 2.75) is 31.8 Å². The SMILES string of the molecule is NN/C(=C\NCc1cn2cc(C3CC3)ccc2n1)C(=O)NCc1ccccc1. The van der Waals surface area contributed by atoms with Gasteiger partial charge in [-0.1, -0.05) is 36.4 Å². The number of rotatable bonds is 8. The number of fused-ring (bicyclic) bond motifs is 1. The monoisotopic (exact) mass is 376 g/mol. The molecule has 0 unspecified atom stereocenters. The number of benzene rings is 1. The number of imidazole rings is 1. The average Bonchev–Trinajstić information content (AvgIpc) is 3.49. The minimum Gasteiger partial charge on any atom is -0.383 e.